The summed E-state index contributed by atoms with van der Waals surface area (Å²) < 4.78 is 2.71. The summed E-state index contributed by atoms with van der Waals surface area (Å²) in [5.74, 6) is 0.941. The van der Waals surface area contributed by atoms with E-state index in [-0.39, 0.29) is 11.1 Å². The molecule has 1 saturated heterocycles. The van der Waals surface area contributed by atoms with Crippen LogP contribution < -0.4 is 21.7 Å². The molecule has 0 unspecified atom stereocenters. The van der Waals surface area contributed by atoms with Crippen LogP contribution in [0.25, 0.3) is 0 Å². The van der Waals surface area contributed by atoms with E-state index in [1.165, 1.54) is 13.1 Å². The fourth-order valence-corrected chi connectivity index (χ4v) is 3.04. The molecule has 0 saturated carbocycles. The Balaban J connectivity index is 1.68. The molecule has 0 amide bonds. The van der Waals surface area contributed by atoms with Gasteiger partial charge in [0.15, 0.2) is 0 Å². The van der Waals surface area contributed by atoms with Gasteiger partial charge in [0.25, 0.3) is 11.1 Å². The van der Waals surface area contributed by atoms with Crippen LogP contribution in [0.3, 0.4) is 0 Å². The third-order valence-corrected chi connectivity index (χ3v) is 4.61. The Bertz CT molecular complexity index is 872. The largest absolute Gasteiger partial charge is 0.358 e. The van der Waals surface area contributed by atoms with E-state index in [0.29, 0.717) is 23.8 Å². The molecule has 0 spiro atoms. The van der Waals surface area contributed by atoms with Gasteiger partial charge in [-0.1, -0.05) is 0 Å². The highest BCUT2D eigenvalue weighted by atomic mass is 16.2. The SMILES string of the molecule is Cc1cncn(CC2CCN(c3cc(=O)n(C)c(=O)[nH]3)CC2)c1=O. The molecule has 2 aromatic rings. The number of aryl methyl sites for hydroxylation is 1. The van der Waals surface area contributed by atoms with Crippen molar-refractivity contribution in [3.63, 3.8) is 0 Å². The molecule has 0 radical (unpaired) electrons. The summed E-state index contributed by atoms with van der Waals surface area (Å²) in [6.45, 7) is 3.89. The first-order chi connectivity index (χ1) is 11.5. The van der Waals surface area contributed by atoms with Gasteiger partial charge in [-0.15, -0.1) is 0 Å². The van der Waals surface area contributed by atoms with Crippen LogP contribution in [0.5, 0.6) is 0 Å². The predicted molar refractivity (Wildman–Crippen MR) is 90.5 cm³/mol. The van der Waals surface area contributed by atoms with E-state index in [0.717, 1.165) is 30.5 Å². The zero-order chi connectivity index (χ0) is 17.3. The Morgan fingerprint density at radius 2 is 1.96 bits per heavy atom. The number of nitrogens with one attached hydrogen (secondary N) is 1. The van der Waals surface area contributed by atoms with Crippen molar-refractivity contribution in [2.45, 2.75) is 26.3 Å². The maximum absolute atomic E-state index is 12.1. The van der Waals surface area contributed by atoms with E-state index < -0.39 is 5.69 Å². The second-order valence-corrected chi connectivity index (χ2v) is 6.32. The number of nitrogens with zero attached hydrogens (tertiary/aromatic N) is 4. The monoisotopic (exact) mass is 331 g/mol. The van der Waals surface area contributed by atoms with Crippen molar-refractivity contribution in [2.24, 2.45) is 13.0 Å². The number of H-pyrrole nitrogens is 1. The molecule has 8 heteroatoms. The summed E-state index contributed by atoms with van der Waals surface area (Å²) in [7, 11) is 1.45. The second-order valence-electron chi connectivity index (χ2n) is 6.32. The standard InChI is InChI=1S/C16H21N5O3/c1-11-8-17-10-21(15(11)23)9-12-3-5-20(6-4-12)13-7-14(22)19(2)16(24)18-13/h7-8,10,12H,3-6,9H2,1-2H3,(H,18,24). The van der Waals surface area contributed by atoms with Gasteiger partial charge in [0, 0.05) is 44.5 Å². The predicted octanol–water partition coefficient (Wildman–Crippen LogP) is -0.145. The number of aromatic nitrogens is 4. The molecule has 24 heavy (non-hydrogen) atoms. The number of hydrogen-bond donors (Lipinski definition) is 1. The zero-order valence-electron chi connectivity index (χ0n) is 13.9. The molecule has 0 atom stereocenters. The van der Waals surface area contributed by atoms with Gasteiger partial charge in [0.2, 0.25) is 0 Å². The van der Waals surface area contributed by atoms with Crippen LogP contribution in [0.4, 0.5) is 5.82 Å². The summed E-state index contributed by atoms with van der Waals surface area (Å²) in [6, 6.07) is 1.46. The lowest BCUT2D eigenvalue weighted by Crippen LogP contribution is -2.40. The second kappa shape index (κ2) is 6.46. The van der Waals surface area contributed by atoms with E-state index in [9.17, 15) is 14.4 Å². The van der Waals surface area contributed by atoms with Crippen molar-refractivity contribution in [3.05, 3.63) is 55.3 Å². The van der Waals surface area contributed by atoms with Gasteiger partial charge in [-0.2, -0.15) is 0 Å². The van der Waals surface area contributed by atoms with Gasteiger partial charge in [-0.25, -0.2) is 9.78 Å². The number of piperidine rings is 1. The van der Waals surface area contributed by atoms with E-state index in [1.54, 1.807) is 24.0 Å². The topological polar surface area (TPSA) is 93.0 Å². The molecule has 1 aliphatic heterocycles. The van der Waals surface area contributed by atoms with Crippen LogP contribution in [0.15, 0.2) is 33.0 Å². The lowest BCUT2D eigenvalue weighted by Gasteiger charge is -2.33. The van der Waals surface area contributed by atoms with Gasteiger partial charge in [0.05, 0.1) is 6.33 Å². The number of aromatic amines is 1. The van der Waals surface area contributed by atoms with Crippen LogP contribution in [0.2, 0.25) is 0 Å². The Morgan fingerprint density at radius 1 is 1.25 bits per heavy atom. The van der Waals surface area contributed by atoms with Crippen LogP contribution >= 0.6 is 0 Å². The van der Waals surface area contributed by atoms with Crippen molar-refractivity contribution in [2.75, 3.05) is 18.0 Å². The average molecular weight is 331 g/mol. The lowest BCUT2D eigenvalue weighted by molar-refractivity contribution is 0.349. The molecule has 3 heterocycles. The fraction of sp³-hybridized carbons (Fsp3) is 0.500. The highest BCUT2D eigenvalue weighted by Gasteiger charge is 2.21. The molecular formula is C16H21N5O3. The molecule has 8 nitrogen and oxygen atoms in total. The number of rotatable bonds is 3. The highest BCUT2D eigenvalue weighted by Crippen LogP contribution is 2.21. The van der Waals surface area contributed by atoms with Crippen LogP contribution in [-0.4, -0.2) is 32.2 Å². The fourth-order valence-electron chi connectivity index (χ4n) is 3.04. The van der Waals surface area contributed by atoms with Crippen molar-refractivity contribution >= 4 is 5.82 Å². The van der Waals surface area contributed by atoms with Crippen molar-refractivity contribution < 1.29 is 0 Å². The quantitative estimate of drug-likeness (QED) is 0.845. The summed E-state index contributed by atoms with van der Waals surface area (Å²) >= 11 is 0. The van der Waals surface area contributed by atoms with Crippen LogP contribution in [0.1, 0.15) is 18.4 Å². The first-order valence-electron chi connectivity index (χ1n) is 8.02. The maximum atomic E-state index is 12.1. The Kier molecular flexibility index (Phi) is 4.37. The van der Waals surface area contributed by atoms with E-state index >= 15 is 0 Å². The van der Waals surface area contributed by atoms with Crippen molar-refractivity contribution in [1.82, 2.24) is 19.1 Å². The lowest BCUT2D eigenvalue weighted by atomic mass is 9.96. The maximum Gasteiger partial charge on any atom is 0.329 e. The van der Waals surface area contributed by atoms with Crippen molar-refractivity contribution in [1.29, 1.82) is 0 Å². The van der Waals surface area contributed by atoms with E-state index in [4.69, 9.17) is 0 Å². The molecule has 3 rings (SSSR count). The molecule has 2 aromatic heterocycles. The minimum Gasteiger partial charge on any atom is -0.358 e. The molecule has 0 bridgehead atoms. The van der Waals surface area contributed by atoms with Crippen LogP contribution in [-0.2, 0) is 13.6 Å². The number of anilines is 1. The Hall–Kier alpha value is -2.64. The smallest absolute Gasteiger partial charge is 0.329 e. The van der Waals surface area contributed by atoms with Crippen LogP contribution in [0, 0.1) is 12.8 Å². The molecule has 1 N–H and O–H groups in total. The van der Waals surface area contributed by atoms with Gasteiger partial charge >= 0.3 is 5.69 Å². The summed E-state index contributed by atoms with van der Waals surface area (Å²) in [6.07, 6.45) is 4.93. The summed E-state index contributed by atoms with van der Waals surface area (Å²) in [5, 5.41) is 0. The van der Waals surface area contributed by atoms with Gasteiger partial charge < -0.3 is 4.90 Å². The summed E-state index contributed by atoms with van der Waals surface area (Å²) in [5.41, 5.74) is -0.0683. The minimum atomic E-state index is -0.406. The molecule has 0 aromatic carbocycles. The third kappa shape index (κ3) is 3.17. The Morgan fingerprint density at radius 3 is 2.62 bits per heavy atom. The van der Waals surface area contributed by atoms with Gasteiger partial charge in [-0.3, -0.25) is 23.7 Å². The molecule has 0 aliphatic carbocycles. The van der Waals surface area contributed by atoms with Gasteiger partial charge in [0.1, 0.15) is 5.82 Å². The third-order valence-electron chi connectivity index (χ3n) is 4.61. The normalized spacial score (nSPS) is 15.7. The summed E-state index contributed by atoms with van der Waals surface area (Å²) in [4.78, 5) is 44.4. The first-order valence-corrected chi connectivity index (χ1v) is 8.02. The minimum absolute atomic E-state index is 0.00307. The molecule has 1 aliphatic rings. The van der Waals surface area contributed by atoms with E-state index in [2.05, 4.69) is 9.97 Å². The molecule has 1 fully saturated rings. The van der Waals surface area contributed by atoms with Crippen molar-refractivity contribution in [3.8, 4) is 0 Å². The highest BCUT2D eigenvalue weighted by molar-refractivity contribution is 5.37. The number of hydrogen-bond acceptors (Lipinski definition) is 5. The van der Waals surface area contributed by atoms with E-state index in [1.807, 2.05) is 4.90 Å². The molecular weight excluding hydrogens is 310 g/mol. The first kappa shape index (κ1) is 16.2. The van der Waals surface area contributed by atoms with Gasteiger partial charge in [-0.05, 0) is 25.7 Å². The average Bonchev–Trinajstić information content (AvgIpc) is 2.57. The Labute approximate surface area is 138 Å². The zero-order valence-corrected chi connectivity index (χ0v) is 13.9. The molecule has 128 valence electrons.